The first kappa shape index (κ1) is 15.0. The van der Waals surface area contributed by atoms with Crippen molar-refractivity contribution in [1.82, 2.24) is 4.98 Å². The molecule has 3 nitrogen and oxygen atoms in total. The molecule has 120 valence electrons. The molecule has 0 bridgehead atoms. The van der Waals surface area contributed by atoms with Crippen LogP contribution in [0.15, 0.2) is 42.5 Å². The largest absolute Gasteiger partial charge is 0.298 e. The molecule has 1 aliphatic rings. The minimum atomic E-state index is -0.890. The van der Waals surface area contributed by atoms with Gasteiger partial charge in [-0.1, -0.05) is 24.3 Å². The van der Waals surface area contributed by atoms with Crippen molar-refractivity contribution in [2.24, 2.45) is 0 Å². The number of nitrogens with zero attached hydrogens (tertiary/aromatic N) is 1. The van der Waals surface area contributed by atoms with Crippen LogP contribution in [0.1, 0.15) is 20.8 Å². The SMILES string of the molecule is O=C(Nc1nc2c(s1)CCc1ccccc1-2)c1ccc(F)cc1F. The van der Waals surface area contributed by atoms with Crippen molar-refractivity contribution < 1.29 is 13.6 Å². The summed E-state index contributed by atoms with van der Waals surface area (Å²) in [7, 11) is 0. The van der Waals surface area contributed by atoms with Crippen molar-refractivity contribution in [3.8, 4) is 11.3 Å². The second kappa shape index (κ2) is 5.79. The van der Waals surface area contributed by atoms with Gasteiger partial charge in [-0.2, -0.15) is 0 Å². The van der Waals surface area contributed by atoms with E-state index in [-0.39, 0.29) is 5.56 Å². The molecule has 0 spiro atoms. The molecule has 3 aromatic rings. The van der Waals surface area contributed by atoms with Gasteiger partial charge in [-0.05, 0) is 30.5 Å². The number of hydrogen-bond donors (Lipinski definition) is 1. The molecule has 2 aromatic carbocycles. The van der Waals surface area contributed by atoms with Crippen molar-refractivity contribution in [2.75, 3.05) is 5.32 Å². The quantitative estimate of drug-likeness (QED) is 0.748. The third-order valence-corrected chi connectivity index (χ3v) is 5.02. The highest BCUT2D eigenvalue weighted by Crippen LogP contribution is 2.38. The lowest BCUT2D eigenvalue weighted by Crippen LogP contribution is -2.13. The Labute approximate surface area is 141 Å². The van der Waals surface area contributed by atoms with Crippen molar-refractivity contribution in [1.29, 1.82) is 0 Å². The van der Waals surface area contributed by atoms with Gasteiger partial charge >= 0.3 is 0 Å². The smallest absolute Gasteiger partial charge is 0.260 e. The number of nitrogens with one attached hydrogen (secondary N) is 1. The molecule has 1 aliphatic carbocycles. The number of aromatic nitrogens is 1. The first-order valence-electron chi connectivity index (χ1n) is 7.46. The van der Waals surface area contributed by atoms with Crippen LogP contribution in [0.5, 0.6) is 0 Å². The number of benzene rings is 2. The molecule has 0 saturated carbocycles. The summed E-state index contributed by atoms with van der Waals surface area (Å²) >= 11 is 1.39. The fourth-order valence-corrected chi connectivity index (χ4v) is 3.81. The van der Waals surface area contributed by atoms with E-state index in [4.69, 9.17) is 0 Å². The van der Waals surface area contributed by atoms with Gasteiger partial charge in [-0.15, -0.1) is 11.3 Å². The Bertz CT molecular complexity index is 952. The third kappa shape index (κ3) is 2.59. The number of aryl methyl sites for hydroxylation is 2. The molecule has 1 N–H and O–H groups in total. The zero-order valence-corrected chi connectivity index (χ0v) is 13.3. The van der Waals surface area contributed by atoms with Gasteiger partial charge in [-0.25, -0.2) is 13.8 Å². The minimum absolute atomic E-state index is 0.204. The van der Waals surface area contributed by atoms with Gasteiger partial charge < -0.3 is 0 Å². The van der Waals surface area contributed by atoms with Crippen LogP contribution in [0.2, 0.25) is 0 Å². The predicted molar refractivity (Wildman–Crippen MR) is 89.3 cm³/mol. The van der Waals surface area contributed by atoms with Crippen LogP contribution >= 0.6 is 11.3 Å². The molecule has 6 heteroatoms. The van der Waals surface area contributed by atoms with Crippen molar-refractivity contribution in [3.05, 3.63) is 70.1 Å². The number of carbonyl (C=O) groups excluding carboxylic acids is 1. The molecule has 0 atom stereocenters. The highest BCUT2D eigenvalue weighted by molar-refractivity contribution is 7.16. The Morgan fingerprint density at radius 1 is 1.12 bits per heavy atom. The molecule has 0 unspecified atom stereocenters. The molecule has 0 aliphatic heterocycles. The van der Waals surface area contributed by atoms with Gasteiger partial charge in [0.1, 0.15) is 11.6 Å². The molecule has 1 amide bonds. The fraction of sp³-hybridized carbons (Fsp3) is 0.111. The van der Waals surface area contributed by atoms with Gasteiger partial charge in [0.15, 0.2) is 5.13 Å². The summed E-state index contributed by atoms with van der Waals surface area (Å²) < 4.78 is 26.7. The van der Waals surface area contributed by atoms with Gasteiger partial charge in [-0.3, -0.25) is 10.1 Å². The summed E-state index contributed by atoms with van der Waals surface area (Å²) in [6.45, 7) is 0. The second-order valence-electron chi connectivity index (χ2n) is 5.53. The van der Waals surface area contributed by atoms with Crippen LogP contribution in [0.25, 0.3) is 11.3 Å². The Hall–Kier alpha value is -2.60. The normalized spacial score (nSPS) is 12.4. The van der Waals surface area contributed by atoms with Gasteiger partial charge in [0, 0.05) is 16.5 Å². The maximum absolute atomic E-state index is 13.7. The minimum Gasteiger partial charge on any atom is -0.298 e. The third-order valence-electron chi connectivity index (χ3n) is 3.99. The van der Waals surface area contributed by atoms with Crippen LogP contribution in [0.4, 0.5) is 13.9 Å². The van der Waals surface area contributed by atoms with E-state index in [0.717, 1.165) is 41.1 Å². The van der Waals surface area contributed by atoms with Crippen LogP contribution in [0, 0.1) is 11.6 Å². The number of rotatable bonds is 2. The monoisotopic (exact) mass is 342 g/mol. The van der Waals surface area contributed by atoms with Crippen molar-refractivity contribution in [3.63, 3.8) is 0 Å². The molecule has 24 heavy (non-hydrogen) atoms. The average Bonchev–Trinajstić information content (AvgIpc) is 2.97. The molecule has 4 rings (SSSR count). The standard InChI is InChI=1S/C18H12F2N2OS/c19-11-6-7-13(14(20)9-11)17(23)22-18-21-16-12-4-2-1-3-10(12)5-8-15(16)24-18/h1-4,6-7,9H,5,8H2,(H,21,22,23). The Morgan fingerprint density at radius 3 is 2.79 bits per heavy atom. The molecular weight excluding hydrogens is 330 g/mol. The van der Waals surface area contributed by atoms with Crippen LogP contribution in [0.3, 0.4) is 0 Å². The summed E-state index contributed by atoms with van der Waals surface area (Å²) in [6, 6.07) is 10.9. The average molecular weight is 342 g/mol. The van der Waals surface area contributed by atoms with Crippen LogP contribution in [-0.4, -0.2) is 10.9 Å². The first-order valence-corrected chi connectivity index (χ1v) is 8.28. The number of carbonyl (C=O) groups is 1. The van der Waals surface area contributed by atoms with Crippen molar-refractivity contribution in [2.45, 2.75) is 12.8 Å². The molecular formula is C18H12F2N2OS. The topological polar surface area (TPSA) is 42.0 Å². The molecule has 0 fully saturated rings. The number of thiazole rings is 1. The zero-order chi connectivity index (χ0) is 16.7. The van der Waals surface area contributed by atoms with E-state index in [2.05, 4.69) is 16.4 Å². The van der Waals surface area contributed by atoms with E-state index in [9.17, 15) is 13.6 Å². The number of anilines is 1. The molecule has 0 saturated heterocycles. The lowest BCUT2D eigenvalue weighted by Gasteiger charge is -2.13. The predicted octanol–water partition coefficient (Wildman–Crippen LogP) is 4.44. The first-order chi connectivity index (χ1) is 11.6. The summed E-state index contributed by atoms with van der Waals surface area (Å²) in [5, 5.41) is 3.03. The number of amides is 1. The summed E-state index contributed by atoms with van der Waals surface area (Å²) in [5.41, 5.74) is 2.97. The van der Waals surface area contributed by atoms with Gasteiger partial charge in [0.25, 0.3) is 5.91 Å². The molecule has 0 radical (unpaired) electrons. The number of fused-ring (bicyclic) bond motifs is 3. The second-order valence-corrected chi connectivity index (χ2v) is 6.61. The van der Waals surface area contributed by atoms with Crippen LogP contribution in [-0.2, 0) is 12.8 Å². The van der Waals surface area contributed by atoms with Crippen molar-refractivity contribution >= 4 is 22.4 Å². The van der Waals surface area contributed by atoms with Crippen LogP contribution < -0.4 is 5.32 Å². The van der Waals surface area contributed by atoms with Gasteiger partial charge in [0.2, 0.25) is 0 Å². The summed E-state index contributed by atoms with van der Waals surface area (Å²) in [5.74, 6) is -2.24. The lowest BCUT2D eigenvalue weighted by molar-refractivity contribution is 0.102. The van der Waals surface area contributed by atoms with E-state index in [1.54, 1.807) is 0 Å². The summed E-state index contributed by atoms with van der Waals surface area (Å²) in [4.78, 5) is 17.8. The highest BCUT2D eigenvalue weighted by atomic mass is 32.1. The highest BCUT2D eigenvalue weighted by Gasteiger charge is 2.22. The maximum atomic E-state index is 13.7. The van der Waals surface area contributed by atoms with E-state index in [1.807, 2.05) is 18.2 Å². The van der Waals surface area contributed by atoms with E-state index in [0.29, 0.717) is 11.2 Å². The molecule has 1 aromatic heterocycles. The maximum Gasteiger partial charge on any atom is 0.260 e. The summed E-state index contributed by atoms with van der Waals surface area (Å²) in [6.07, 6.45) is 1.80. The lowest BCUT2D eigenvalue weighted by atomic mass is 9.94. The van der Waals surface area contributed by atoms with E-state index >= 15 is 0 Å². The van der Waals surface area contributed by atoms with E-state index in [1.165, 1.54) is 16.9 Å². The Morgan fingerprint density at radius 2 is 1.96 bits per heavy atom. The zero-order valence-electron chi connectivity index (χ0n) is 12.5. The number of halogens is 2. The number of hydrogen-bond acceptors (Lipinski definition) is 3. The Kier molecular flexibility index (Phi) is 3.61. The molecule has 1 heterocycles. The Balaban J connectivity index is 1.63. The van der Waals surface area contributed by atoms with Gasteiger partial charge in [0.05, 0.1) is 11.3 Å². The van der Waals surface area contributed by atoms with E-state index < -0.39 is 17.5 Å². The fourth-order valence-electron chi connectivity index (χ4n) is 2.84.